The fourth-order valence-corrected chi connectivity index (χ4v) is 3.20. The Morgan fingerprint density at radius 2 is 2.12 bits per heavy atom. The first-order valence-corrected chi connectivity index (χ1v) is 8.32. The zero-order valence-corrected chi connectivity index (χ0v) is 15.1. The monoisotopic (exact) mass is 351 g/mol. The summed E-state index contributed by atoms with van der Waals surface area (Å²) in [6.07, 6.45) is 1.89. The zero-order chi connectivity index (χ0) is 16.6. The van der Waals surface area contributed by atoms with Crippen molar-refractivity contribution in [2.24, 2.45) is 23.0 Å². The quantitative estimate of drug-likeness (QED) is 0.875. The predicted molar refractivity (Wildman–Crippen MR) is 97.3 cm³/mol. The third kappa shape index (κ3) is 3.90. The number of likely N-dealkylation sites (tertiary alicyclic amines) is 1. The Balaban J connectivity index is 0.00000208. The molecule has 1 aliphatic carbocycles. The molecule has 1 aromatic carbocycles. The third-order valence-corrected chi connectivity index (χ3v) is 5.16. The van der Waals surface area contributed by atoms with Crippen LogP contribution in [0.2, 0.25) is 0 Å². The van der Waals surface area contributed by atoms with Crippen LogP contribution < -0.4 is 11.1 Å². The molecule has 3 N–H and O–H groups in total. The molecule has 2 aliphatic rings. The summed E-state index contributed by atoms with van der Waals surface area (Å²) in [6, 6.07) is 7.22. The van der Waals surface area contributed by atoms with Gasteiger partial charge < -0.3 is 16.0 Å². The van der Waals surface area contributed by atoms with Gasteiger partial charge in [-0.1, -0.05) is 19.9 Å². The Kier molecular flexibility index (Phi) is 5.56. The summed E-state index contributed by atoms with van der Waals surface area (Å²) in [7, 11) is 0. The van der Waals surface area contributed by atoms with E-state index in [1.54, 1.807) is 12.1 Å². The minimum atomic E-state index is 0. The Labute approximate surface area is 149 Å². The van der Waals surface area contributed by atoms with E-state index < -0.39 is 0 Å². The molecule has 1 aliphatic heterocycles. The summed E-state index contributed by atoms with van der Waals surface area (Å²) in [5.74, 6) is 0.661. The van der Waals surface area contributed by atoms with Gasteiger partial charge in [-0.25, -0.2) is 0 Å². The van der Waals surface area contributed by atoms with Gasteiger partial charge in [-0.3, -0.25) is 9.59 Å². The smallest absolute Gasteiger partial charge is 0.253 e. The molecule has 1 saturated carbocycles. The number of rotatable bonds is 4. The minimum Gasteiger partial charge on any atom is -0.338 e. The van der Waals surface area contributed by atoms with Crippen LogP contribution in [-0.4, -0.2) is 36.3 Å². The molecule has 0 spiro atoms. The third-order valence-electron chi connectivity index (χ3n) is 5.16. The normalized spacial score (nSPS) is 28.2. The molecular weight excluding hydrogens is 326 g/mol. The summed E-state index contributed by atoms with van der Waals surface area (Å²) >= 11 is 0. The van der Waals surface area contributed by atoms with Crippen molar-refractivity contribution in [1.82, 2.24) is 4.90 Å². The summed E-state index contributed by atoms with van der Waals surface area (Å²) < 4.78 is 0. The fourth-order valence-electron chi connectivity index (χ4n) is 3.20. The first kappa shape index (κ1) is 18.7. The van der Waals surface area contributed by atoms with Crippen LogP contribution in [0.4, 0.5) is 5.69 Å². The van der Waals surface area contributed by atoms with Crippen LogP contribution in [0.5, 0.6) is 0 Å². The van der Waals surface area contributed by atoms with E-state index in [9.17, 15) is 9.59 Å². The molecule has 5 nitrogen and oxygen atoms in total. The summed E-state index contributed by atoms with van der Waals surface area (Å²) in [5.41, 5.74) is 7.14. The lowest BCUT2D eigenvalue weighted by atomic mass is 9.90. The molecule has 3 atom stereocenters. The molecule has 0 bridgehead atoms. The summed E-state index contributed by atoms with van der Waals surface area (Å²) in [6.45, 7) is 6.22. The maximum atomic E-state index is 12.7. The summed E-state index contributed by atoms with van der Waals surface area (Å²) in [4.78, 5) is 26.5. The molecule has 1 saturated heterocycles. The number of benzene rings is 1. The van der Waals surface area contributed by atoms with Gasteiger partial charge in [0.05, 0.1) is 0 Å². The largest absolute Gasteiger partial charge is 0.338 e. The number of nitrogens with two attached hydrogens (primary N) is 1. The highest BCUT2D eigenvalue weighted by Gasteiger charge is 2.39. The number of nitrogens with one attached hydrogen (secondary N) is 1. The number of hydrogen-bond donors (Lipinski definition) is 2. The van der Waals surface area contributed by atoms with Crippen LogP contribution in [-0.2, 0) is 4.79 Å². The van der Waals surface area contributed by atoms with E-state index in [1.807, 2.05) is 17.0 Å². The van der Waals surface area contributed by atoms with Gasteiger partial charge in [-0.15, -0.1) is 12.4 Å². The van der Waals surface area contributed by atoms with Crippen LogP contribution in [0.15, 0.2) is 24.3 Å². The Bertz CT molecular complexity index is 636. The standard InChI is InChI=1S/C18H25N3O2.ClH/c1-12-8-15(12)16(22)20-14-5-3-4-13(9-14)17(23)21-7-6-18(2,10-19)11-21;/h3-5,9,12,15H,6-8,10-11,19H2,1-2H3,(H,20,22);1H. The molecule has 1 aromatic rings. The average Bonchev–Trinajstić information content (AvgIpc) is 3.15. The second kappa shape index (κ2) is 7.11. The van der Waals surface area contributed by atoms with Crippen molar-refractivity contribution in [1.29, 1.82) is 0 Å². The van der Waals surface area contributed by atoms with Gasteiger partial charge in [0.25, 0.3) is 5.91 Å². The van der Waals surface area contributed by atoms with Crippen LogP contribution in [0.3, 0.4) is 0 Å². The molecular formula is C18H26ClN3O2. The molecule has 24 heavy (non-hydrogen) atoms. The molecule has 132 valence electrons. The second-order valence-electron chi connectivity index (χ2n) is 7.38. The SMILES string of the molecule is CC1CC1C(=O)Nc1cccc(C(=O)N2CCC(C)(CN)C2)c1.Cl. The molecule has 2 amide bonds. The van der Waals surface area contributed by atoms with Gasteiger partial charge in [0.15, 0.2) is 0 Å². The van der Waals surface area contributed by atoms with Crippen LogP contribution in [0.25, 0.3) is 0 Å². The van der Waals surface area contributed by atoms with E-state index in [0.717, 1.165) is 19.4 Å². The van der Waals surface area contributed by atoms with Gasteiger partial charge in [-0.2, -0.15) is 0 Å². The Morgan fingerprint density at radius 3 is 2.71 bits per heavy atom. The molecule has 0 radical (unpaired) electrons. The minimum absolute atomic E-state index is 0. The number of carbonyl (C=O) groups excluding carboxylic acids is 2. The number of nitrogens with zero attached hydrogens (tertiary/aromatic N) is 1. The number of carbonyl (C=O) groups is 2. The van der Waals surface area contributed by atoms with Gasteiger partial charge in [0.2, 0.25) is 5.91 Å². The van der Waals surface area contributed by atoms with E-state index >= 15 is 0 Å². The van der Waals surface area contributed by atoms with Crippen molar-refractivity contribution in [3.05, 3.63) is 29.8 Å². The van der Waals surface area contributed by atoms with E-state index in [0.29, 0.717) is 30.3 Å². The maximum Gasteiger partial charge on any atom is 0.253 e. The number of hydrogen-bond acceptors (Lipinski definition) is 3. The first-order chi connectivity index (χ1) is 10.9. The van der Waals surface area contributed by atoms with Gasteiger partial charge in [-0.05, 0) is 48.9 Å². The van der Waals surface area contributed by atoms with Crippen LogP contribution in [0, 0.1) is 17.3 Å². The fraction of sp³-hybridized carbons (Fsp3) is 0.556. The number of halogens is 1. The van der Waals surface area contributed by atoms with Gasteiger partial charge in [0, 0.05) is 30.3 Å². The van der Waals surface area contributed by atoms with Gasteiger partial charge in [0.1, 0.15) is 0 Å². The summed E-state index contributed by atoms with van der Waals surface area (Å²) in [5, 5.41) is 2.92. The first-order valence-electron chi connectivity index (χ1n) is 8.32. The van der Waals surface area contributed by atoms with E-state index in [1.165, 1.54) is 0 Å². The van der Waals surface area contributed by atoms with Crippen molar-refractivity contribution < 1.29 is 9.59 Å². The number of amides is 2. The number of anilines is 1. The van der Waals surface area contributed by atoms with Crippen molar-refractivity contribution >= 4 is 29.9 Å². The van der Waals surface area contributed by atoms with Crippen molar-refractivity contribution in [2.75, 3.05) is 25.0 Å². The molecule has 0 aromatic heterocycles. The van der Waals surface area contributed by atoms with Crippen molar-refractivity contribution in [3.63, 3.8) is 0 Å². The highest BCUT2D eigenvalue weighted by Crippen LogP contribution is 2.38. The maximum absolute atomic E-state index is 12.7. The van der Waals surface area contributed by atoms with E-state index in [2.05, 4.69) is 19.2 Å². The lowest BCUT2D eigenvalue weighted by Crippen LogP contribution is -2.34. The molecule has 6 heteroatoms. The lowest BCUT2D eigenvalue weighted by molar-refractivity contribution is -0.117. The molecule has 3 unspecified atom stereocenters. The lowest BCUT2D eigenvalue weighted by Gasteiger charge is -2.22. The molecule has 2 fully saturated rings. The Morgan fingerprint density at radius 1 is 1.42 bits per heavy atom. The topological polar surface area (TPSA) is 75.4 Å². The highest BCUT2D eigenvalue weighted by molar-refractivity contribution is 5.98. The van der Waals surface area contributed by atoms with E-state index in [4.69, 9.17) is 5.73 Å². The molecule has 1 heterocycles. The zero-order valence-electron chi connectivity index (χ0n) is 14.2. The van der Waals surface area contributed by atoms with Gasteiger partial charge >= 0.3 is 0 Å². The predicted octanol–water partition coefficient (Wildman–Crippen LogP) is 2.51. The van der Waals surface area contributed by atoms with Crippen molar-refractivity contribution in [3.8, 4) is 0 Å². The Hall–Kier alpha value is -1.59. The second-order valence-corrected chi connectivity index (χ2v) is 7.38. The van der Waals surface area contributed by atoms with E-state index in [-0.39, 0.29) is 35.6 Å². The highest BCUT2D eigenvalue weighted by atomic mass is 35.5. The van der Waals surface area contributed by atoms with Crippen LogP contribution in [0.1, 0.15) is 37.0 Å². The van der Waals surface area contributed by atoms with Crippen molar-refractivity contribution in [2.45, 2.75) is 26.7 Å². The average molecular weight is 352 g/mol. The molecule has 3 rings (SSSR count). The van der Waals surface area contributed by atoms with Crippen LogP contribution >= 0.6 is 12.4 Å².